The van der Waals surface area contributed by atoms with Crippen LogP contribution in [0.15, 0.2) is 56.7 Å². The molecule has 0 saturated carbocycles. The van der Waals surface area contributed by atoms with Crippen LogP contribution in [-0.2, 0) is 18.0 Å². The zero-order chi connectivity index (χ0) is 23.6. The second-order valence-electron chi connectivity index (χ2n) is 6.27. The molecule has 13 heteroatoms. The number of nitrogens with zero attached hydrogens (tertiary/aromatic N) is 3. The SMILES string of the molecule is Cn1c(C(F)(F)F)cc(=O)n(-c2ccc(Br)c(Oc3ccnc(OCC(=O)O)c3)c2)c1=O. The summed E-state index contributed by atoms with van der Waals surface area (Å²) in [4.78, 5) is 39.3. The van der Waals surface area contributed by atoms with E-state index in [4.69, 9.17) is 14.6 Å². The van der Waals surface area contributed by atoms with E-state index in [-0.39, 0.29) is 23.1 Å². The lowest BCUT2D eigenvalue weighted by atomic mass is 10.3. The maximum atomic E-state index is 13.1. The van der Waals surface area contributed by atoms with Crippen molar-refractivity contribution in [2.75, 3.05) is 6.61 Å². The molecule has 3 rings (SSSR count). The maximum absolute atomic E-state index is 13.1. The number of alkyl halides is 3. The Balaban J connectivity index is 2.00. The number of aromatic nitrogens is 3. The van der Waals surface area contributed by atoms with Crippen molar-refractivity contribution in [2.45, 2.75) is 6.18 Å². The van der Waals surface area contributed by atoms with Gasteiger partial charge in [-0.2, -0.15) is 13.2 Å². The van der Waals surface area contributed by atoms with E-state index < -0.39 is 35.7 Å². The number of hydrogen-bond acceptors (Lipinski definition) is 6. The molecule has 0 bridgehead atoms. The number of carbonyl (C=O) groups is 1. The molecule has 0 aliphatic carbocycles. The van der Waals surface area contributed by atoms with E-state index in [9.17, 15) is 27.6 Å². The zero-order valence-corrected chi connectivity index (χ0v) is 17.7. The molecule has 0 spiro atoms. The molecule has 168 valence electrons. The first kappa shape index (κ1) is 23.1. The van der Waals surface area contributed by atoms with Gasteiger partial charge in [0.05, 0.1) is 10.2 Å². The van der Waals surface area contributed by atoms with E-state index in [1.807, 2.05) is 0 Å². The van der Waals surface area contributed by atoms with Crippen molar-refractivity contribution in [3.63, 3.8) is 0 Å². The third-order valence-electron chi connectivity index (χ3n) is 4.06. The van der Waals surface area contributed by atoms with E-state index in [2.05, 4.69) is 20.9 Å². The van der Waals surface area contributed by atoms with Gasteiger partial charge in [0.15, 0.2) is 6.61 Å². The maximum Gasteiger partial charge on any atom is 0.431 e. The van der Waals surface area contributed by atoms with Crippen molar-refractivity contribution in [2.24, 2.45) is 7.05 Å². The summed E-state index contributed by atoms with van der Waals surface area (Å²) in [6.07, 6.45) is -3.57. The fraction of sp³-hybridized carbons (Fsp3) is 0.158. The minimum Gasteiger partial charge on any atom is -0.479 e. The van der Waals surface area contributed by atoms with E-state index in [0.29, 0.717) is 19.7 Å². The average molecular weight is 516 g/mol. The topological polar surface area (TPSA) is 113 Å². The molecule has 0 fully saturated rings. The number of halogens is 4. The van der Waals surface area contributed by atoms with Crippen LogP contribution in [0, 0.1) is 0 Å². The summed E-state index contributed by atoms with van der Waals surface area (Å²) in [6.45, 7) is -0.615. The number of rotatable bonds is 6. The predicted molar refractivity (Wildman–Crippen MR) is 107 cm³/mol. The Morgan fingerprint density at radius 3 is 2.56 bits per heavy atom. The highest BCUT2D eigenvalue weighted by Gasteiger charge is 2.35. The van der Waals surface area contributed by atoms with Crippen LogP contribution < -0.4 is 20.7 Å². The van der Waals surface area contributed by atoms with Crippen LogP contribution in [0.25, 0.3) is 5.69 Å². The lowest BCUT2D eigenvalue weighted by Gasteiger charge is -2.15. The lowest BCUT2D eigenvalue weighted by molar-refractivity contribution is -0.144. The first-order chi connectivity index (χ1) is 15.0. The highest BCUT2D eigenvalue weighted by Crippen LogP contribution is 2.32. The Kier molecular flexibility index (Phi) is 6.39. The van der Waals surface area contributed by atoms with Crippen LogP contribution in [-0.4, -0.2) is 31.8 Å². The molecule has 0 unspecified atom stereocenters. The fourth-order valence-corrected chi connectivity index (χ4v) is 2.97. The van der Waals surface area contributed by atoms with Crippen LogP contribution in [0.1, 0.15) is 5.69 Å². The molecule has 1 N–H and O–H groups in total. The van der Waals surface area contributed by atoms with E-state index in [1.165, 1.54) is 36.5 Å². The normalized spacial score (nSPS) is 11.3. The minimum absolute atomic E-state index is 0.0231. The Hall–Kier alpha value is -3.61. The molecule has 0 atom stereocenters. The highest BCUT2D eigenvalue weighted by atomic mass is 79.9. The minimum atomic E-state index is -4.87. The molecule has 2 heterocycles. The number of carboxylic acids is 1. The lowest BCUT2D eigenvalue weighted by Crippen LogP contribution is -2.40. The quantitative estimate of drug-likeness (QED) is 0.536. The third kappa shape index (κ3) is 4.99. The molecule has 0 aliphatic heterocycles. The fourth-order valence-electron chi connectivity index (χ4n) is 2.64. The Morgan fingerprint density at radius 2 is 1.91 bits per heavy atom. The van der Waals surface area contributed by atoms with Gasteiger partial charge in [0.25, 0.3) is 5.56 Å². The third-order valence-corrected chi connectivity index (χ3v) is 4.72. The average Bonchev–Trinajstić information content (AvgIpc) is 2.71. The molecule has 9 nitrogen and oxygen atoms in total. The Bertz CT molecular complexity index is 1300. The largest absolute Gasteiger partial charge is 0.479 e. The molecule has 3 aromatic rings. The summed E-state index contributed by atoms with van der Waals surface area (Å²) < 4.78 is 51.1. The van der Waals surface area contributed by atoms with Crippen molar-refractivity contribution < 1.29 is 32.5 Å². The van der Waals surface area contributed by atoms with Crippen molar-refractivity contribution >= 4 is 21.9 Å². The van der Waals surface area contributed by atoms with E-state index in [1.54, 1.807) is 0 Å². The van der Waals surface area contributed by atoms with Gasteiger partial charge in [-0.1, -0.05) is 0 Å². The molecular formula is C19H13BrF3N3O6. The van der Waals surface area contributed by atoms with E-state index in [0.717, 1.165) is 7.05 Å². The van der Waals surface area contributed by atoms with Crippen LogP contribution >= 0.6 is 15.9 Å². The molecule has 0 saturated heterocycles. The predicted octanol–water partition coefficient (Wildman–Crippen LogP) is 2.97. The van der Waals surface area contributed by atoms with Crippen molar-refractivity contribution in [1.82, 2.24) is 14.1 Å². The van der Waals surface area contributed by atoms with Gasteiger partial charge < -0.3 is 14.6 Å². The summed E-state index contributed by atoms with van der Waals surface area (Å²) in [5, 5.41) is 8.67. The number of benzene rings is 1. The zero-order valence-electron chi connectivity index (χ0n) is 16.1. The van der Waals surface area contributed by atoms with Crippen molar-refractivity contribution in [3.05, 3.63) is 73.6 Å². The first-order valence-electron chi connectivity index (χ1n) is 8.66. The molecule has 0 radical (unpaired) electrons. The van der Waals surface area contributed by atoms with Crippen LogP contribution in [0.4, 0.5) is 13.2 Å². The summed E-state index contributed by atoms with van der Waals surface area (Å²) in [5.74, 6) is -0.917. The summed E-state index contributed by atoms with van der Waals surface area (Å²) in [7, 11) is 0.910. The number of hydrogen-bond donors (Lipinski definition) is 1. The summed E-state index contributed by atoms with van der Waals surface area (Å²) in [5.41, 5.74) is -3.75. The number of ether oxygens (including phenoxy) is 2. The van der Waals surface area contributed by atoms with Crippen molar-refractivity contribution in [3.8, 4) is 23.1 Å². The van der Waals surface area contributed by atoms with Crippen LogP contribution in [0.5, 0.6) is 17.4 Å². The molecule has 32 heavy (non-hydrogen) atoms. The molecule has 2 aromatic heterocycles. The van der Waals surface area contributed by atoms with Gasteiger partial charge in [-0.25, -0.2) is 19.1 Å². The number of pyridine rings is 1. The molecule has 1 aromatic carbocycles. The van der Waals surface area contributed by atoms with Gasteiger partial charge in [-0.3, -0.25) is 9.36 Å². The highest BCUT2D eigenvalue weighted by molar-refractivity contribution is 9.10. The van der Waals surface area contributed by atoms with E-state index >= 15 is 0 Å². The first-order valence-corrected chi connectivity index (χ1v) is 9.45. The molecule has 0 aliphatic rings. The van der Waals surface area contributed by atoms with Gasteiger partial charge in [0, 0.05) is 31.4 Å². The second-order valence-corrected chi connectivity index (χ2v) is 7.13. The Labute approximate surface area is 185 Å². The van der Waals surface area contributed by atoms with Gasteiger partial charge in [0.2, 0.25) is 5.88 Å². The number of carboxylic acid groups (broad SMARTS) is 1. The van der Waals surface area contributed by atoms with Gasteiger partial charge in [-0.15, -0.1) is 0 Å². The second kappa shape index (κ2) is 8.86. The van der Waals surface area contributed by atoms with Gasteiger partial charge in [0.1, 0.15) is 17.2 Å². The van der Waals surface area contributed by atoms with Gasteiger partial charge in [-0.05, 0) is 34.1 Å². The summed E-state index contributed by atoms with van der Waals surface area (Å²) >= 11 is 3.25. The van der Waals surface area contributed by atoms with Crippen LogP contribution in [0.2, 0.25) is 0 Å². The van der Waals surface area contributed by atoms with Gasteiger partial charge >= 0.3 is 17.8 Å². The number of aliphatic carboxylic acids is 1. The molecule has 0 amide bonds. The smallest absolute Gasteiger partial charge is 0.431 e. The Morgan fingerprint density at radius 1 is 1.19 bits per heavy atom. The summed E-state index contributed by atoms with van der Waals surface area (Å²) in [6, 6.07) is 7.15. The van der Waals surface area contributed by atoms with Crippen molar-refractivity contribution in [1.29, 1.82) is 0 Å². The standard InChI is InChI=1S/C19H13BrF3N3O6/c1-25-14(19(21,22)23)8-16(27)26(18(25)30)10-2-3-12(20)13(6-10)32-11-4-5-24-15(7-11)31-9-17(28)29/h2-8H,9H2,1H3,(H,28,29). The monoisotopic (exact) mass is 515 g/mol. The molecular weight excluding hydrogens is 503 g/mol. The van der Waals surface area contributed by atoms with Crippen LogP contribution in [0.3, 0.4) is 0 Å².